The molecule has 1 fully saturated rings. The first kappa shape index (κ1) is 24.9. The molecule has 0 bridgehead atoms. The second-order valence-corrected chi connectivity index (χ2v) is 8.83. The van der Waals surface area contributed by atoms with Crippen molar-refractivity contribution in [2.24, 2.45) is 0 Å². The van der Waals surface area contributed by atoms with Crippen LogP contribution < -0.4 is 9.47 Å². The quantitative estimate of drug-likeness (QED) is 0.449. The van der Waals surface area contributed by atoms with Crippen LogP contribution in [0.2, 0.25) is 0 Å². The van der Waals surface area contributed by atoms with E-state index < -0.39 is 42.5 Å². The number of aliphatic hydroxyl groups excluding tert-OH is 2. The molecule has 2 aliphatic heterocycles. The zero-order chi connectivity index (χ0) is 25.9. The molecule has 5 unspecified atom stereocenters. The van der Waals surface area contributed by atoms with Crippen molar-refractivity contribution in [3.05, 3.63) is 95.6 Å². The monoisotopic (exact) mass is 505 g/mol. The van der Waals surface area contributed by atoms with Crippen LogP contribution in [0.4, 0.5) is 0 Å². The van der Waals surface area contributed by atoms with Crippen LogP contribution in [0.5, 0.6) is 11.5 Å². The molecule has 2 aliphatic rings. The zero-order valence-corrected chi connectivity index (χ0v) is 20.1. The van der Waals surface area contributed by atoms with Crippen LogP contribution in [0.3, 0.4) is 0 Å². The number of methoxy groups -OCH3 is 1. The van der Waals surface area contributed by atoms with Gasteiger partial charge in [0, 0.05) is 0 Å². The normalized spacial score (nSPS) is 25.2. The highest BCUT2D eigenvalue weighted by molar-refractivity contribution is 6.21. The Morgan fingerprint density at radius 1 is 0.811 bits per heavy atom. The van der Waals surface area contributed by atoms with Crippen molar-refractivity contribution in [2.45, 2.75) is 37.3 Å². The minimum atomic E-state index is -1.55. The van der Waals surface area contributed by atoms with Crippen molar-refractivity contribution < 1.29 is 38.7 Å². The van der Waals surface area contributed by atoms with Gasteiger partial charge in [0.25, 0.3) is 11.8 Å². The number of carbonyl (C=O) groups excluding carboxylic acids is 2. The highest BCUT2D eigenvalue weighted by Gasteiger charge is 2.54. The number of rotatable bonds is 8. The summed E-state index contributed by atoms with van der Waals surface area (Å²) in [6, 6.07) is 21.2. The maximum absolute atomic E-state index is 13.2. The fraction of sp³-hybridized carbons (Fsp3) is 0.286. The Bertz CT molecular complexity index is 1210. The van der Waals surface area contributed by atoms with Crippen LogP contribution in [0.25, 0.3) is 0 Å². The smallest absolute Gasteiger partial charge is 0.262 e. The Kier molecular flexibility index (Phi) is 7.20. The topological polar surface area (TPSA) is 115 Å². The predicted molar refractivity (Wildman–Crippen MR) is 131 cm³/mol. The van der Waals surface area contributed by atoms with Crippen LogP contribution in [-0.2, 0) is 16.1 Å². The Morgan fingerprint density at radius 3 is 2.03 bits per heavy atom. The lowest BCUT2D eigenvalue weighted by atomic mass is 9.95. The summed E-state index contributed by atoms with van der Waals surface area (Å²) in [5, 5.41) is 22.1. The van der Waals surface area contributed by atoms with Gasteiger partial charge in [-0.1, -0.05) is 42.5 Å². The van der Waals surface area contributed by atoms with E-state index in [1.807, 2.05) is 30.3 Å². The first-order chi connectivity index (χ1) is 18.0. The summed E-state index contributed by atoms with van der Waals surface area (Å²) in [6.45, 7) is 0.222. The number of hydrogen-bond donors (Lipinski definition) is 2. The van der Waals surface area contributed by atoms with Crippen molar-refractivity contribution in [1.82, 2.24) is 4.90 Å². The summed E-state index contributed by atoms with van der Waals surface area (Å²) in [6.07, 6.45) is -5.25. The third-order valence-electron chi connectivity index (χ3n) is 6.50. The number of imide groups is 1. The lowest BCUT2D eigenvalue weighted by molar-refractivity contribution is -0.257. The number of carbonyl (C=O) groups is 2. The average Bonchev–Trinajstić information content (AvgIpc) is 3.18. The fourth-order valence-electron chi connectivity index (χ4n) is 4.56. The lowest BCUT2D eigenvalue weighted by Crippen LogP contribution is -2.66. The molecule has 1 saturated heterocycles. The summed E-state index contributed by atoms with van der Waals surface area (Å²) in [5.41, 5.74) is 1.36. The molecule has 0 aliphatic carbocycles. The van der Waals surface area contributed by atoms with E-state index in [9.17, 15) is 19.8 Å². The fourth-order valence-corrected chi connectivity index (χ4v) is 4.56. The van der Waals surface area contributed by atoms with E-state index in [0.29, 0.717) is 11.5 Å². The van der Waals surface area contributed by atoms with E-state index in [0.717, 1.165) is 10.5 Å². The van der Waals surface area contributed by atoms with Gasteiger partial charge in [-0.2, -0.15) is 0 Å². The summed E-state index contributed by atoms with van der Waals surface area (Å²) in [7, 11) is 1.54. The lowest BCUT2D eigenvalue weighted by Gasteiger charge is -2.45. The highest BCUT2D eigenvalue weighted by atomic mass is 16.7. The predicted octanol–water partition coefficient (Wildman–Crippen LogP) is 2.40. The molecule has 9 nitrogen and oxygen atoms in total. The molecule has 3 aromatic rings. The molecule has 0 aromatic heterocycles. The second-order valence-electron chi connectivity index (χ2n) is 8.83. The van der Waals surface area contributed by atoms with Gasteiger partial charge in [-0.15, -0.1) is 0 Å². The van der Waals surface area contributed by atoms with E-state index in [-0.39, 0.29) is 24.3 Å². The number of benzene rings is 3. The van der Waals surface area contributed by atoms with E-state index >= 15 is 0 Å². The van der Waals surface area contributed by atoms with Gasteiger partial charge in [0.1, 0.15) is 35.9 Å². The second kappa shape index (κ2) is 10.7. The maximum atomic E-state index is 13.2. The van der Waals surface area contributed by atoms with Crippen molar-refractivity contribution >= 4 is 11.8 Å². The van der Waals surface area contributed by atoms with Crippen molar-refractivity contribution in [1.29, 1.82) is 0 Å². The molecular weight excluding hydrogens is 478 g/mol. The van der Waals surface area contributed by atoms with Gasteiger partial charge in [-0.25, -0.2) is 0 Å². The molecule has 192 valence electrons. The maximum Gasteiger partial charge on any atom is 0.262 e. The standard InChI is InChI=1S/C28H27NO8/c1-34-18-11-13-19(14-12-18)36-28-23(29-26(32)20-9-5-6-10-21(20)27(29)33)25(31)24(30)22(37-28)16-35-15-17-7-3-2-4-8-17/h2-14,22-25,28,30-31H,15-16H2,1H3. The third kappa shape index (κ3) is 4.94. The molecule has 9 heteroatoms. The zero-order valence-electron chi connectivity index (χ0n) is 20.1. The molecule has 5 rings (SSSR count). The van der Waals surface area contributed by atoms with Gasteiger partial charge >= 0.3 is 0 Å². The number of nitrogens with zero attached hydrogens (tertiary/aromatic N) is 1. The molecule has 3 aromatic carbocycles. The molecule has 2 N–H and O–H groups in total. The third-order valence-corrected chi connectivity index (χ3v) is 6.50. The number of hydrogen-bond acceptors (Lipinski definition) is 8. The van der Waals surface area contributed by atoms with E-state index in [1.165, 1.54) is 7.11 Å². The SMILES string of the molecule is COc1ccc(OC2OC(COCc3ccccc3)C(O)C(O)C2N2C(=O)c3ccccc3C2=O)cc1. The number of amides is 2. The van der Waals surface area contributed by atoms with E-state index in [4.69, 9.17) is 18.9 Å². The summed E-state index contributed by atoms with van der Waals surface area (Å²) in [5.74, 6) is -0.221. The van der Waals surface area contributed by atoms with Crippen LogP contribution in [0.15, 0.2) is 78.9 Å². The van der Waals surface area contributed by atoms with Crippen LogP contribution >= 0.6 is 0 Å². The Hall–Kier alpha value is -3.76. The van der Waals surface area contributed by atoms with Crippen LogP contribution in [-0.4, -0.2) is 71.3 Å². The van der Waals surface area contributed by atoms with E-state index in [1.54, 1.807) is 48.5 Å². The summed E-state index contributed by atoms with van der Waals surface area (Å²) < 4.78 is 23.0. The molecule has 37 heavy (non-hydrogen) atoms. The van der Waals surface area contributed by atoms with Crippen molar-refractivity contribution in [2.75, 3.05) is 13.7 Å². The summed E-state index contributed by atoms with van der Waals surface area (Å²) >= 11 is 0. The molecular formula is C28H27NO8. The molecule has 2 heterocycles. The van der Waals surface area contributed by atoms with Gasteiger partial charge in [-0.3, -0.25) is 14.5 Å². The van der Waals surface area contributed by atoms with Crippen molar-refractivity contribution in [3.8, 4) is 11.5 Å². The van der Waals surface area contributed by atoms with E-state index in [2.05, 4.69) is 0 Å². The minimum Gasteiger partial charge on any atom is -0.497 e. The first-order valence-electron chi connectivity index (χ1n) is 11.9. The van der Waals surface area contributed by atoms with Gasteiger partial charge in [0.15, 0.2) is 0 Å². The Labute approximate surface area is 213 Å². The Balaban J connectivity index is 1.40. The minimum absolute atomic E-state index is 0.0512. The Morgan fingerprint density at radius 2 is 1.41 bits per heavy atom. The van der Waals surface area contributed by atoms with Gasteiger partial charge in [-0.05, 0) is 42.0 Å². The first-order valence-corrected chi connectivity index (χ1v) is 11.9. The molecule has 0 saturated carbocycles. The van der Waals surface area contributed by atoms with Crippen LogP contribution in [0.1, 0.15) is 26.3 Å². The number of fused-ring (bicyclic) bond motifs is 1. The molecule has 5 atom stereocenters. The average molecular weight is 506 g/mol. The largest absolute Gasteiger partial charge is 0.497 e. The van der Waals surface area contributed by atoms with Crippen molar-refractivity contribution in [3.63, 3.8) is 0 Å². The molecule has 2 amide bonds. The van der Waals surface area contributed by atoms with Gasteiger partial charge < -0.3 is 29.2 Å². The van der Waals surface area contributed by atoms with Crippen LogP contribution in [0, 0.1) is 0 Å². The number of ether oxygens (including phenoxy) is 4. The number of aliphatic hydroxyl groups is 2. The summed E-state index contributed by atoms with van der Waals surface area (Å²) in [4.78, 5) is 27.3. The van der Waals surface area contributed by atoms with Gasteiger partial charge in [0.2, 0.25) is 6.29 Å². The highest BCUT2D eigenvalue weighted by Crippen LogP contribution is 2.34. The molecule has 0 spiro atoms. The molecule has 0 radical (unpaired) electrons. The van der Waals surface area contributed by atoms with Gasteiger partial charge in [0.05, 0.1) is 31.5 Å².